The predicted octanol–water partition coefficient (Wildman–Crippen LogP) is 1.87. The average Bonchev–Trinajstić information content (AvgIpc) is 2.86. The van der Waals surface area contributed by atoms with Crippen LogP contribution < -0.4 is 10.6 Å². The van der Waals surface area contributed by atoms with Gasteiger partial charge in [0.05, 0.1) is 11.4 Å². The molecule has 1 aliphatic carbocycles. The summed E-state index contributed by atoms with van der Waals surface area (Å²) >= 11 is 0. The minimum absolute atomic E-state index is 0.731. The fourth-order valence-corrected chi connectivity index (χ4v) is 1.47. The Kier molecular flexibility index (Phi) is 1.68. The van der Waals surface area contributed by atoms with Crippen molar-refractivity contribution in [1.82, 2.24) is 0 Å². The van der Waals surface area contributed by atoms with Gasteiger partial charge in [0.15, 0.2) is 0 Å². The highest BCUT2D eigenvalue weighted by Crippen LogP contribution is 2.32. The van der Waals surface area contributed by atoms with Crippen LogP contribution in [0, 0.1) is 0 Å². The van der Waals surface area contributed by atoms with E-state index < -0.39 is 0 Å². The van der Waals surface area contributed by atoms with Gasteiger partial charge in [-0.15, -0.1) is 0 Å². The molecule has 0 unspecified atom stereocenters. The van der Waals surface area contributed by atoms with Crippen molar-refractivity contribution in [3.8, 4) is 0 Å². The van der Waals surface area contributed by atoms with Crippen molar-refractivity contribution < 1.29 is 0 Å². The molecule has 2 nitrogen and oxygen atoms in total. The van der Waals surface area contributed by atoms with Crippen LogP contribution in [0.5, 0.6) is 0 Å². The first kappa shape index (κ1) is 7.47. The molecule has 1 aromatic rings. The van der Waals surface area contributed by atoms with Gasteiger partial charge in [0, 0.05) is 13.1 Å². The number of anilines is 2. The molecule has 0 heterocycles. The molecule has 2 N–H and O–H groups in total. The van der Waals surface area contributed by atoms with E-state index in [4.69, 9.17) is 5.73 Å². The third kappa shape index (κ3) is 1.24. The molecule has 1 aliphatic rings. The molecule has 1 fully saturated rings. The number of nitrogens with zero attached hydrogens (tertiary/aromatic N) is 1. The molecular weight excluding hydrogens is 148 g/mol. The molecule has 2 rings (SSSR count). The molecule has 0 radical (unpaired) electrons. The van der Waals surface area contributed by atoms with Crippen LogP contribution in [0.15, 0.2) is 24.3 Å². The van der Waals surface area contributed by atoms with Crippen molar-refractivity contribution in [3.05, 3.63) is 24.3 Å². The van der Waals surface area contributed by atoms with Gasteiger partial charge in [0.1, 0.15) is 0 Å². The van der Waals surface area contributed by atoms with E-state index in [0.717, 1.165) is 11.7 Å². The SMILES string of the molecule is CN(c1ccccc1N)C1CC1. The summed E-state index contributed by atoms with van der Waals surface area (Å²) in [5, 5.41) is 0. The minimum atomic E-state index is 0.731. The zero-order chi connectivity index (χ0) is 8.55. The normalized spacial score (nSPS) is 16.1. The summed E-state index contributed by atoms with van der Waals surface area (Å²) in [6.45, 7) is 0. The fourth-order valence-electron chi connectivity index (χ4n) is 1.47. The van der Waals surface area contributed by atoms with Gasteiger partial charge < -0.3 is 10.6 Å². The van der Waals surface area contributed by atoms with Gasteiger partial charge in [-0.2, -0.15) is 0 Å². The van der Waals surface area contributed by atoms with Crippen LogP contribution >= 0.6 is 0 Å². The zero-order valence-corrected chi connectivity index (χ0v) is 7.33. The number of hydrogen-bond donors (Lipinski definition) is 1. The van der Waals surface area contributed by atoms with Gasteiger partial charge in [0.2, 0.25) is 0 Å². The summed E-state index contributed by atoms with van der Waals surface area (Å²) in [4.78, 5) is 2.27. The van der Waals surface area contributed by atoms with Crippen molar-refractivity contribution in [2.75, 3.05) is 17.7 Å². The molecular formula is C10H14N2. The van der Waals surface area contributed by atoms with Crippen LogP contribution in [-0.2, 0) is 0 Å². The van der Waals surface area contributed by atoms with E-state index in [1.54, 1.807) is 0 Å². The fraction of sp³-hybridized carbons (Fsp3) is 0.400. The Morgan fingerprint density at radius 2 is 2.00 bits per heavy atom. The molecule has 0 aromatic heterocycles. The van der Waals surface area contributed by atoms with Gasteiger partial charge in [0.25, 0.3) is 0 Å². The first-order chi connectivity index (χ1) is 5.79. The Hall–Kier alpha value is -1.18. The molecule has 0 spiro atoms. The third-order valence-corrected chi connectivity index (χ3v) is 2.41. The van der Waals surface area contributed by atoms with E-state index in [9.17, 15) is 0 Å². The molecule has 12 heavy (non-hydrogen) atoms. The third-order valence-electron chi connectivity index (χ3n) is 2.41. The quantitative estimate of drug-likeness (QED) is 0.673. The summed E-state index contributed by atoms with van der Waals surface area (Å²) in [6.07, 6.45) is 2.62. The number of para-hydroxylation sites is 2. The maximum Gasteiger partial charge on any atom is 0.0599 e. The molecule has 0 bridgehead atoms. The lowest BCUT2D eigenvalue weighted by molar-refractivity contribution is 0.919. The summed E-state index contributed by atoms with van der Waals surface area (Å²) in [6, 6.07) is 8.76. The van der Waals surface area contributed by atoms with E-state index >= 15 is 0 Å². The van der Waals surface area contributed by atoms with Crippen LogP contribution in [0.2, 0.25) is 0 Å². The second kappa shape index (κ2) is 2.70. The van der Waals surface area contributed by atoms with Crippen molar-refractivity contribution in [1.29, 1.82) is 0 Å². The monoisotopic (exact) mass is 162 g/mol. The lowest BCUT2D eigenvalue weighted by atomic mass is 10.2. The Bertz CT molecular complexity index is 279. The topological polar surface area (TPSA) is 29.3 Å². The maximum atomic E-state index is 5.85. The Morgan fingerprint density at radius 1 is 1.33 bits per heavy atom. The molecule has 2 heteroatoms. The van der Waals surface area contributed by atoms with E-state index in [1.807, 2.05) is 18.2 Å². The van der Waals surface area contributed by atoms with Gasteiger partial charge in [-0.25, -0.2) is 0 Å². The highest BCUT2D eigenvalue weighted by Gasteiger charge is 2.26. The summed E-state index contributed by atoms with van der Waals surface area (Å²) in [5.41, 5.74) is 7.89. The summed E-state index contributed by atoms with van der Waals surface area (Å²) in [5.74, 6) is 0. The Labute approximate surface area is 73.0 Å². The van der Waals surface area contributed by atoms with E-state index in [1.165, 1.54) is 18.5 Å². The number of hydrogen-bond acceptors (Lipinski definition) is 2. The lowest BCUT2D eigenvalue weighted by Crippen LogP contribution is -2.20. The molecule has 0 aliphatic heterocycles. The summed E-state index contributed by atoms with van der Waals surface area (Å²) < 4.78 is 0. The standard InChI is InChI=1S/C10H14N2/c1-12(8-6-7-8)10-5-3-2-4-9(10)11/h2-5,8H,6-7,11H2,1H3. The van der Waals surface area contributed by atoms with Crippen LogP contribution in [0.1, 0.15) is 12.8 Å². The molecule has 0 amide bonds. The Morgan fingerprint density at radius 3 is 2.58 bits per heavy atom. The van der Waals surface area contributed by atoms with E-state index in [-0.39, 0.29) is 0 Å². The van der Waals surface area contributed by atoms with Crippen LogP contribution in [0.4, 0.5) is 11.4 Å². The van der Waals surface area contributed by atoms with Gasteiger partial charge in [-0.1, -0.05) is 12.1 Å². The number of benzene rings is 1. The number of nitrogens with two attached hydrogens (primary N) is 1. The number of nitrogen functional groups attached to an aromatic ring is 1. The minimum Gasteiger partial charge on any atom is -0.397 e. The van der Waals surface area contributed by atoms with E-state index in [2.05, 4.69) is 18.0 Å². The lowest BCUT2D eigenvalue weighted by Gasteiger charge is -2.20. The van der Waals surface area contributed by atoms with Gasteiger partial charge >= 0.3 is 0 Å². The van der Waals surface area contributed by atoms with Gasteiger partial charge in [-0.05, 0) is 25.0 Å². The molecule has 0 atom stereocenters. The highest BCUT2D eigenvalue weighted by molar-refractivity contribution is 5.67. The van der Waals surface area contributed by atoms with E-state index in [0.29, 0.717) is 0 Å². The number of rotatable bonds is 2. The molecule has 64 valence electrons. The second-order valence-corrected chi connectivity index (χ2v) is 3.40. The van der Waals surface area contributed by atoms with Crippen molar-refractivity contribution in [2.45, 2.75) is 18.9 Å². The molecule has 1 saturated carbocycles. The maximum absolute atomic E-state index is 5.85. The Balaban J connectivity index is 2.25. The molecule has 1 aromatic carbocycles. The predicted molar refractivity (Wildman–Crippen MR) is 52.3 cm³/mol. The second-order valence-electron chi connectivity index (χ2n) is 3.40. The highest BCUT2D eigenvalue weighted by atomic mass is 15.2. The van der Waals surface area contributed by atoms with Crippen LogP contribution in [0.3, 0.4) is 0 Å². The largest absolute Gasteiger partial charge is 0.397 e. The average molecular weight is 162 g/mol. The van der Waals surface area contributed by atoms with Crippen molar-refractivity contribution in [3.63, 3.8) is 0 Å². The smallest absolute Gasteiger partial charge is 0.0599 e. The first-order valence-electron chi connectivity index (χ1n) is 4.36. The first-order valence-corrected chi connectivity index (χ1v) is 4.36. The molecule has 0 saturated heterocycles. The van der Waals surface area contributed by atoms with Crippen LogP contribution in [-0.4, -0.2) is 13.1 Å². The van der Waals surface area contributed by atoms with Gasteiger partial charge in [-0.3, -0.25) is 0 Å². The van der Waals surface area contributed by atoms with Crippen LogP contribution in [0.25, 0.3) is 0 Å². The summed E-state index contributed by atoms with van der Waals surface area (Å²) in [7, 11) is 2.11. The van der Waals surface area contributed by atoms with Crippen molar-refractivity contribution >= 4 is 11.4 Å². The zero-order valence-electron chi connectivity index (χ0n) is 7.33. The van der Waals surface area contributed by atoms with Crippen molar-refractivity contribution in [2.24, 2.45) is 0 Å².